The molecule has 1 fully saturated rings. The van der Waals surface area contributed by atoms with Crippen LogP contribution in [0.2, 0.25) is 0 Å². The van der Waals surface area contributed by atoms with E-state index in [0.29, 0.717) is 5.41 Å². The van der Waals surface area contributed by atoms with Crippen LogP contribution in [0.5, 0.6) is 0 Å². The van der Waals surface area contributed by atoms with Gasteiger partial charge in [-0.25, -0.2) is 0 Å². The minimum absolute atomic E-state index is 0.223. The summed E-state index contributed by atoms with van der Waals surface area (Å²) in [6.45, 7) is 4.53. The van der Waals surface area contributed by atoms with Crippen molar-refractivity contribution >= 4 is 0 Å². The highest BCUT2D eigenvalue weighted by Gasteiger charge is 2.38. The van der Waals surface area contributed by atoms with Crippen molar-refractivity contribution in [1.29, 1.82) is 0 Å². The van der Waals surface area contributed by atoms with Gasteiger partial charge in [0.2, 0.25) is 0 Å². The van der Waals surface area contributed by atoms with Gasteiger partial charge in [0.05, 0.1) is 0 Å². The molecule has 0 heterocycles. The van der Waals surface area contributed by atoms with Crippen LogP contribution in [-0.2, 0) is 6.42 Å². The normalized spacial score (nSPS) is 19.9. The standard InChI is InChI=1S/C17H27N/c1-3-7-14-8-10-15(11-9-14)16(18)17(4-2)12-5-6-13-17/h8-11,16H,3-7,12-13,18H2,1-2H3. The van der Waals surface area contributed by atoms with Gasteiger partial charge in [-0.3, -0.25) is 0 Å². The van der Waals surface area contributed by atoms with E-state index in [1.165, 1.54) is 56.1 Å². The Morgan fingerprint density at radius 2 is 1.72 bits per heavy atom. The van der Waals surface area contributed by atoms with Gasteiger partial charge in [0, 0.05) is 6.04 Å². The van der Waals surface area contributed by atoms with Crippen molar-refractivity contribution in [3.05, 3.63) is 35.4 Å². The predicted octanol–water partition coefficient (Wildman–Crippen LogP) is 4.61. The first-order valence-electron chi connectivity index (χ1n) is 7.56. The van der Waals surface area contributed by atoms with Crippen LogP contribution in [0.1, 0.15) is 69.5 Å². The number of nitrogens with two attached hydrogens (primary N) is 1. The fourth-order valence-corrected chi connectivity index (χ4v) is 3.50. The van der Waals surface area contributed by atoms with Crippen LogP contribution in [0.3, 0.4) is 0 Å². The molecule has 1 aromatic rings. The Labute approximate surface area is 112 Å². The molecule has 2 rings (SSSR count). The zero-order valence-corrected chi connectivity index (χ0v) is 11.9. The zero-order chi connectivity index (χ0) is 13.0. The van der Waals surface area contributed by atoms with E-state index in [-0.39, 0.29) is 6.04 Å². The summed E-state index contributed by atoms with van der Waals surface area (Å²) in [4.78, 5) is 0. The van der Waals surface area contributed by atoms with E-state index in [1.54, 1.807) is 0 Å². The first-order chi connectivity index (χ1) is 8.72. The Morgan fingerprint density at radius 3 is 2.22 bits per heavy atom. The Kier molecular flexibility index (Phi) is 4.45. The lowest BCUT2D eigenvalue weighted by molar-refractivity contribution is 0.222. The highest BCUT2D eigenvalue weighted by molar-refractivity contribution is 5.26. The highest BCUT2D eigenvalue weighted by Crippen LogP contribution is 2.48. The molecular weight excluding hydrogens is 218 g/mol. The lowest BCUT2D eigenvalue weighted by atomic mass is 9.74. The van der Waals surface area contributed by atoms with Crippen LogP contribution in [-0.4, -0.2) is 0 Å². The van der Waals surface area contributed by atoms with Gasteiger partial charge in [-0.2, -0.15) is 0 Å². The average molecular weight is 245 g/mol. The van der Waals surface area contributed by atoms with Crippen molar-refractivity contribution in [2.45, 2.75) is 64.8 Å². The molecule has 2 N–H and O–H groups in total. The van der Waals surface area contributed by atoms with Gasteiger partial charge < -0.3 is 5.73 Å². The summed E-state index contributed by atoms with van der Waals surface area (Å²) in [6.07, 6.45) is 8.93. The van der Waals surface area contributed by atoms with E-state index in [0.717, 1.165) is 0 Å². The molecule has 0 aromatic heterocycles. The Bertz CT molecular complexity index is 360. The second-order valence-electron chi connectivity index (χ2n) is 5.89. The molecule has 18 heavy (non-hydrogen) atoms. The van der Waals surface area contributed by atoms with Crippen molar-refractivity contribution in [3.63, 3.8) is 0 Å². The second kappa shape index (κ2) is 5.88. The van der Waals surface area contributed by atoms with E-state index < -0.39 is 0 Å². The third kappa shape index (κ3) is 2.61. The summed E-state index contributed by atoms with van der Waals surface area (Å²) >= 11 is 0. The quantitative estimate of drug-likeness (QED) is 0.805. The van der Waals surface area contributed by atoms with Crippen LogP contribution >= 0.6 is 0 Å². The molecule has 0 radical (unpaired) electrons. The summed E-state index contributed by atoms with van der Waals surface area (Å²) in [7, 11) is 0. The van der Waals surface area contributed by atoms with Gasteiger partial charge in [-0.1, -0.05) is 57.4 Å². The summed E-state index contributed by atoms with van der Waals surface area (Å²) in [5.74, 6) is 0. The molecule has 0 amide bonds. The lowest BCUT2D eigenvalue weighted by Crippen LogP contribution is -2.31. The van der Waals surface area contributed by atoms with E-state index in [9.17, 15) is 0 Å². The van der Waals surface area contributed by atoms with Crippen LogP contribution in [0, 0.1) is 5.41 Å². The van der Waals surface area contributed by atoms with Gasteiger partial charge in [-0.05, 0) is 42.2 Å². The molecule has 1 heteroatoms. The smallest absolute Gasteiger partial charge is 0.0351 e. The molecule has 1 aliphatic rings. The molecule has 0 bridgehead atoms. The van der Waals surface area contributed by atoms with Gasteiger partial charge >= 0.3 is 0 Å². The topological polar surface area (TPSA) is 26.0 Å². The molecule has 1 aliphatic carbocycles. The number of hydrogen-bond acceptors (Lipinski definition) is 1. The first-order valence-corrected chi connectivity index (χ1v) is 7.56. The highest BCUT2D eigenvalue weighted by atomic mass is 14.7. The van der Waals surface area contributed by atoms with Crippen LogP contribution in [0.4, 0.5) is 0 Å². The maximum absolute atomic E-state index is 6.57. The van der Waals surface area contributed by atoms with E-state index >= 15 is 0 Å². The maximum atomic E-state index is 6.57. The van der Waals surface area contributed by atoms with Gasteiger partial charge in [0.1, 0.15) is 0 Å². The van der Waals surface area contributed by atoms with Crippen molar-refractivity contribution in [2.24, 2.45) is 11.1 Å². The molecule has 1 unspecified atom stereocenters. The van der Waals surface area contributed by atoms with Crippen molar-refractivity contribution < 1.29 is 0 Å². The Balaban J connectivity index is 2.14. The van der Waals surface area contributed by atoms with E-state index in [4.69, 9.17) is 5.73 Å². The summed E-state index contributed by atoms with van der Waals surface area (Å²) in [5, 5.41) is 0. The molecule has 0 spiro atoms. The maximum Gasteiger partial charge on any atom is 0.0351 e. The SMILES string of the molecule is CCCc1ccc(C(N)C2(CC)CCCC2)cc1. The summed E-state index contributed by atoms with van der Waals surface area (Å²) in [5.41, 5.74) is 9.70. The molecular formula is C17H27N. The fraction of sp³-hybridized carbons (Fsp3) is 0.647. The number of aryl methyl sites for hydroxylation is 1. The molecule has 1 atom stereocenters. The van der Waals surface area contributed by atoms with E-state index in [1.807, 2.05) is 0 Å². The summed E-state index contributed by atoms with van der Waals surface area (Å²) < 4.78 is 0. The lowest BCUT2D eigenvalue weighted by Gasteiger charge is -2.34. The number of hydrogen-bond donors (Lipinski definition) is 1. The minimum atomic E-state index is 0.223. The third-order valence-corrected chi connectivity index (χ3v) is 4.84. The fourth-order valence-electron chi connectivity index (χ4n) is 3.50. The molecule has 0 saturated heterocycles. The van der Waals surface area contributed by atoms with Crippen LogP contribution in [0.25, 0.3) is 0 Å². The average Bonchev–Trinajstić information content (AvgIpc) is 2.89. The Hall–Kier alpha value is -0.820. The largest absolute Gasteiger partial charge is 0.323 e. The van der Waals surface area contributed by atoms with Crippen molar-refractivity contribution in [2.75, 3.05) is 0 Å². The molecule has 100 valence electrons. The third-order valence-electron chi connectivity index (χ3n) is 4.84. The predicted molar refractivity (Wildman–Crippen MR) is 78.6 cm³/mol. The second-order valence-corrected chi connectivity index (χ2v) is 5.89. The zero-order valence-electron chi connectivity index (χ0n) is 11.9. The minimum Gasteiger partial charge on any atom is -0.323 e. The molecule has 0 aliphatic heterocycles. The summed E-state index contributed by atoms with van der Waals surface area (Å²) in [6, 6.07) is 9.26. The number of rotatable bonds is 5. The molecule has 1 aromatic carbocycles. The van der Waals surface area contributed by atoms with E-state index in [2.05, 4.69) is 38.1 Å². The van der Waals surface area contributed by atoms with Crippen LogP contribution < -0.4 is 5.73 Å². The molecule has 1 nitrogen and oxygen atoms in total. The molecule has 1 saturated carbocycles. The van der Waals surface area contributed by atoms with Crippen molar-refractivity contribution in [3.8, 4) is 0 Å². The van der Waals surface area contributed by atoms with Gasteiger partial charge in [-0.15, -0.1) is 0 Å². The van der Waals surface area contributed by atoms with Gasteiger partial charge in [0.15, 0.2) is 0 Å². The Morgan fingerprint density at radius 1 is 1.11 bits per heavy atom. The monoisotopic (exact) mass is 245 g/mol. The van der Waals surface area contributed by atoms with Crippen molar-refractivity contribution in [1.82, 2.24) is 0 Å². The first kappa shape index (κ1) is 13.6. The van der Waals surface area contributed by atoms with Crippen LogP contribution in [0.15, 0.2) is 24.3 Å². The van der Waals surface area contributed by atoms with Gasteiger partial charge in [0.25, 0.3) is 0 Å². The number of benzene rings is 1.